The third-order valence-corrected chi connectivity index (χ3v) is 4.88. The number of benzene rings is 1. The van der Waals surface area contributed by atoms with E-state index < -0.39 is 0 Å². The first-order valence-corrected chi connectivity index (χ1v) is 7.94. The van der Waals surface area contributed by atoms with Crippen LogP contribution in [0.4, 0.5) is 5.69 Å². The van der Waals surface area contributed by atoms with Crippen LogP contribution in [0.3, 0.4) is 0 Å². The fraction of sp³-hybridized carbons (Fsp3) is 0.667. The molecule has 20 heavy (non-hydrogen) atoms. The van der Waals surface area contributed by atoms with Crippen molar-refractivity contribution in [3.05, 3.63) is 29.8 Å². The van der Waals surface area contributed by atoms with Crippen molar-refractivity contribution in [3.63, 3.8) is 0 Å². The molecule has 1 aromatic carbocycles. The minimum atomic E-state index is 0.456. The van der Waals surface area contributed by atoms with Gasteiger partial charge < -0.3 is 10.6 Å². The summed E-state index contributed by atoms with van der Waals surface area (Å²) in [5, 5.41) is 0. The quantitative estimate of drug-likeness (QED) is 0.836. The highest BCUT2D eigenvalue weighted by molar-refractivity contribution is 5.40. The highest BCUT2D eigenvalue weighted by Crippen LogP contribution is 2.34. The van der Waals surface area contributed by atoms with Gasteiger partial charge in [0, 0.05) is 12.2 Å². The first-order valence-electron chi connectivity index (χ1n) is 7.94. The van der Waals surface area contributed by atoms with E-state index in [9.17, 15) is 0 Å². The van der Waals surface area contributed by atoms with Crippen molar-refractivity contribution >= 4 is 5.69 Å². The minimum absolute atomic E-state index is 0.456. The van der Waals surface area contributed by atoms with Crippen LogP contribution in [0.15, 0.2) is 24.3 Å². The lowest BCUT2D eigenvalue weighted by Crippen LogP contribution is -2.27. The van der Waals surface area contributed by atoms with Crippen LogP contribution in [0.5, 0.6) is 0 Å². The van der Waals surface area contributed by atoms with Crippen molar-refractivity contribution in [2.45, 2.75) is 46.5 Å². The molecule has 2 rings (SSSR count). The highest BCUT2D eigenvalue weighted by Gasteiger charge is 2.31. The lowest BCUT2D eigenvalue weighted by molar-refractivity contribution is 0.227. The lowest BCUT2D eigenvalue weighted by Gasteiger charge is -2.27. The summed E-state index contributed by atoms with van der Waals surface area (Å²) in [6, 6.07) is 8.36. The summed E-state index contributed by atoms with van der Waals surface area (Å²) >= 11 is 0. The predicted molar refractivity (Wildman–Crippen MR) is 87.9 cm³/mol. The molecule has 0 amide bonds. The Bertz CT molecular complexity index is 416. The summed E-state index contributed by atoms with van der Waals surface area (Å²) in [5.74, 6) is 1.47. The van der Waals surface area contributed by atoms with Crippen molar-refractivity contribution in [1.82, 2.24) is 4.90 Å². The van der Waals surface area contributed by atoms with E-state index in [1.165, 1.54) is 38.0 Å². The second-order valence-corrected chi connectivity index (χ2v) is 7.51. The van der Waals surface area contributed by atoms with E-state index in [0.717, 1.165) is 11.6 Å². The number of hydrogen-bond acceptors (Lipinski definition) is 2. The van der Waals surface area contributed by atoms with Gasteiger partial charge >= 0.3 is 0 Å². The Labute approximate surface area is 124 Å². The molecule has 0 aliphatic carbocycles. The molecule has 2 heteroatoms. The molecular formula is C18H30N2. The molecule has 1 heterocycles. The zero-order chi connectivity index (χ0) is 14.8. The smallest absolute Gasteiger partial charge is 0.0314 e. The molecule has 1 saturated heterocycles. The van der Waals surface area contributed by atoms with Gasteiger partial charge in [0.15, 0.2) is 0 Å². The van der Waals surface area contributed by atoms with Crippen LogP contribution < -0.4 is 5.73 Å². The Morgan fingerprint density at radius 3 is 2.45 bits per heavy atom. The number of hydrogen-bond donors (Lipinski definition) is 1. The van der Waals surface area contributed by atoms with Crippen molar-refractivity contribution < 1.29 is 0 Å². The summed E-state index contributed by atoms with van der Waals surface area (Å²) < 4.78 is 0. The van der Waals surface area contributed by atoms with Crippen LogP contribution in [0, 0.1) is 11.3 Å². The molecule has 2 nitrogen and oxygen atoms in total. The molecule has 1 fully saturated rings. The Hall–Kier alpha value is -1.02. The second-order valence-electron chi connectivity index (χ2n) is 7.51. The predicted octanol–water partition coefficient (Wildman–Crippen LogP) is 4.13. The Kier molecular flexibility index (Phi) is 4.74. The van der Waals surface area contributed by atoms with Crippen molar-refractivity contribution in [3.8, 4) is 0 Å². The van der Waals surface area contributed by atoms with E-state index in [-0.39, 0.29) is 0 Å². The van der Waals surface area contributed by atoms with E-state index >= 15 is 0 Å². The Balaban J connectivity index is 1.80. The molecule has 112 valence electrons. The van der Waals surface area contributed by atoms with Gasteiger partial charge in [0.25, 0.3) is 0 Å². The second kappa shape index (κ2) is 6.17. The van der Waals surface area contributed by atoms with Crippen molar-refractivity contribution in [2.24, 2.45) is 11.3 Å². The minimum Gasteiger partial charge on any atom is -0.399 e. The van der Waals surface area contributed by atoms with Gasteiger partial charge in [-0.25, -0.2) is 0 Å². The average Bonchev–Trinajstić information content (AvgIpc) is 2.85. The molecule has 1 aliphatic rings. The molecule has 0 spiro atoms. The largest absolute Gasteiger partial charge is 0.399 e. The zero-order valence-corrected chi connectivity index (χ0v) is 13.5. The van der Waals surface area contributed by atoms with Gasteiger partial charge in [0.05, 0.1) is 0 Å². The van der Waals surface area contributed by atoms with Crippen LogP contribution in [0.1, 0.15) is 52.0 Å². The van der Waals surface area contributed by atoms with E-state index in [1.807, 2.05) is 12.1 Å². The number of anilines is 1. The monoisotopic (exact) mass is 274 g/mol. The summed E-state index contributed by atoms with van der Waals surface area (Å²) in [4.78, 5) is 2.64. The molecule has 0 saturated carbocycles. The van der Waals surface area contributed by atoms with E-state index in [4.69, 9.17) is 5.73 Å². The highest BCUT2D eigenvalue weighted by atomic mass is 15.1. The van der Waals surface area contributed by atoms with Gasteiger partial charge in [0.2, 0.25) is 0 Å². The van der Waals surface area contributed by atoms with Crippen molar-refractivity contribution in [2.75, 3.05) is 25.4 Å². The normalized spacial score (nSPS) is 22.1. The van der Waals surface area contributed by atoms with E-state index in [2.05, 4.69) is 44.7 Å². The fourth-order valence-electron chi connectivity index (χ4n) is 3.11. The van der Waals surface area contributed by atoms with Crippen LogP contribution >= 0.6 is 0 Å². The lowest BCUT2D eigenvalue weighted by atomic mass is 9.80. The number of nitrogens with zero attached hydrogens (tertiary/aromatic N) is 1. The zero-order valence-electron chi connectivity index (χ0n) is 13.5. The Morgan fingerprint density at radius 1 is 1.25 bits per heavy atom. The Morgan fingerprint density at radius 2 is 1.90 bits per heavy atom. The maximum absolute atomic E-state index is 5.75. The molecule has 0 aromatic heterocycles. The molecule has 2 N–H and O–H groups in total. The third-order valence-electron chi connectivity index (χ3n) is 4.88. The van der Waals surface area contributed by atoms with Crippen molar-refractivity contribution in [1.29, 1.82) is 0 Å². The molecule has 0 radical (unpaired) electrons. The van der Waals surface area contributed by atoms with E-state index in [1.54, 1.807) is 0 Å². The molecule has 2 unspecified atom stereocenters. The van der Waals surface area contributed by atoms with Crippen LogP contribution in [-0.2, 0) is 0 Å². The third kappa shape index (κ3) is 3.99. The molecular weight excluding hydrogens is 244 g/mol. The van der Waals surface area contributed by atoms with Crippen LogP contribution in [-0.4, -0.2) is 24.5 Å². The van der Waals surface area contributed by atoms with Gasteiger partial charge in [0.1, 0.15) is 0 Å². The number of nitrogen functional groups attached to an aromatic ring is 1. The van der Waals surface area contributed by atoms with Gasteiger partial charge in [-0.05, 0) is 60.9 Å². The van der Waals surface area contributed by atoms with Crippen LogP contribution in [0.25, 0.3) is 0 Å². The van der Waals surface area contributed by atoms with E-state index in [0.29, 0.717) is 11.3 Å². The molecule has 2 atom stereocenters. The first-order chi connectivity index (χ1) is 9.36. The molecule has 1 aromatic rings. The van der Waals surface area contributed by atoms with Crippen LogP contribution in [0.2, 0.25) is 0 Å². The molecule has 0 bridgehead atoms. The van der Waals surface area contributed by atoms with Gasteiger partial charge in [-0.3, -0.25) is 0 Å². The van der Waals surface area contributed by atoms with Gasteiger partial charge in [-0.2, -0.15) is 0 Å². The fourth-order valence-corrected chi connectivity index (χ4v) is 3.11. The summed E-state index contributed by atoms with van der Waals surface area (Å²) in [6.45, 7) is 13.2. The summed E-state index contributed by atoms with van der Waals surface area (Å²) in [7, 11) is 0. The first kappa shape index (κ1) is 15.4. The summed E-state index contributed by atoms with van der Waals surface area (Å²) in [5.41, 5.74) is 8.47. The standard InChI is InChI=1S/C18H30N2/c1-14(15-5-7-17(19)8-6-15)9-11-20-12-10-16(13-20)18(2,3)4/h5-8,14,16H,9-13,19H2,1-4H3. The topological polar surface area (TPSA) is 29.3 Å². The summed E-state index contributed by atoms with van der Waals surface area (Å²) in [6.07, 6.45) is 2.60. The van der Waals surface area contributed by atoms with Gasteiger partial charge in [-0.15, -0.1) is 0 Å². The number of likely N-dealkylation sites (tertiary alicyclic amines) is 1. The number of nitrogens with two attached hydrogens (primary N) is 1. The maximum Gasteiger partial charge on any atom is 0.0314 e. The van der Waals surface area contributed by atoms with Gasteiger partial charge in [-0.1, -0.05) is 39.8 Å². The average molecular weight is 274 g/mol. The number of rotatable bonds is 4. The molecule has 1 aliphatic heterocycles. The maximum atomic E-state index is 5.75. The SMILES string of the molecule is CC(CCN1CCC(C(C)(C)C)C1)c1ccc(N)cc1.